The summed E-state index contributed by atoms with van der Waals surface area (Å²) in [5.74, 6) is 2.03. The van der Waals surface area contributed by atoms with Crippen molar-refractivity contribution in [2.75, 3.05) is 25.6 Å². The first-order chi connectivity index (χ1) is 16.5. The molecule has 2 N–H and O–H groups in total. The summed E-state index contributed by atoms with van der Waals surface area (Å²) < 4.78 is 16.5. The molecule has 2 heterocycles. The summed E-state index contributed by atoms with van der Waals surface area (Å²) >= 11 is 0. The lowest BCUT2D eigenvalue weighted by atomic mass is 9.75. The number of ether oxygens (including phenoxy) is 3. The Bertz CT molecular complexity index is 1190. The fourth-order valence-corrected chi connectivity index (χ4v) is 4.93. The summed E-state index contributed by atoms with van der Waals surface area (Å²) in [6.45, 7) is 1.05. The van der Waals surface area contributed by atoms with Gasteiger partial charge in [0.25, 0.3) is 0 Å². The minimum absolute atomic E-state index is 0.00838. The maximum Gasteiger partial charge on any atom is 0.227 e. The van der Waals surface area contributed by atoms with Gasteiger partial charge in [0.1, 0.15) is 19.0 Å². The van der Waals surface area contributed by atoms with Crippen molar-refractivity contribution in [2.24, 2.45) is 5.92 Å². The molecule has 34 heavy (non-hydrogen) atoms. The lowest BCUT2D eigenvalue weighted by Gasteiger charge is -2.35. The van der Waals surface area contributed by atoms with E-state index in [4.69, 9.17) is 14.2 Å². The molecule has 1 aliphatic carbocycles. The van der Waals surface area contributed by atoms with Crippen molar-refractivity contribution in [1.82, 2.24) is 4.98 Å². The molecule has 2 aromatic carbocycles. The van der Waals surface area contributed by atoms with Crippen molar-refractivity contribution >= 4 is 22.5 Å². The van der Waals surface area contributed by atoms with Crippen molar-refractivity contribution in [3.8, 4) is 17.2 Å². The number of amides is 1. The Labute approximate surface area is 199 Å². The summed E-state index contributed by atoms with van der Waals surface area (Å²) in [6, 6.07) is 13.3. The van der Waals surface area contributed by atoms with Gasteiger partial charge < -0.3 is 24.6 Å². The zero-order valence-corrected chi connectivity index (χ0v) is 19.4. The van der Waals surface area contributed by atoms with E-state index < -0.39 is 5.60 Å². The number of nitrogens with zero attached hydrogens (tertiary/aromatic N) is 1. The van der Waals surface area contributed by atoms with Crippen LogP contribution in [0.3, 0.4) is 0 Å². The van der Waals surface area contributed by atoms with Gasteiger partial charge in [-0.25, -0.2) is 0 Å². The monoisotopic (exact) mass is 462 g/mol. The molecule has 5 rings (SSSR count). The predicted molar refractivity (Wildman–Crippen MR) is 130 cm³/mol. The van der Waals surface area contributed by atoms with E-state index in [1.807, 2.05) is 42.6 Å². The zero-order valence-electron chi connectivity index (χ0n) is 19.4. The van der Waals surface area contributed by atoms with Crippen molar-refractivity contribution in [3.05, 3.63) is 54.2 Å². The number of pyridine rings is 1. The van der Waals surface area contributed by atoms with Gasteiger partial charge in [-0.05, 0) is 80.5 Å². The van der Waals surface area contributed by atoms with E-state index in [9.17, 15) is 9.90 Å². The standard InChI is InChI=1S/C27H30N2O5/c1-32-21-3-4-23-22(17-21)18(9-13-28-23)6-10-27(31)11-7-19(8-12-27)26(30)29-20-2-5-24-25(16-20)34-15-14-33-24/h2-5,9,13,16-17,19,31H,6-8,10-12,14-15H2,1H3,(H,29,30)/t19-,27+. The normalized spacial score (nSPS) is 21.8. The molecule has 7 nitrogen and oxygen atoms in total. The van der Waals surface area contributed by atoms with Crippen LogP contribution >= 0.6 is 0 Å². The molecule has 0 unspecified atom stereocenters. The second-order valence-electron chi connectivity index (χ2n) is 9.20. The number of aromatic nitrogens is 1. The molecule has 178 valence electrons. The number of benzene rings is 2. The SMILES string of the molecule is COc1ccc2nccc(CC[C@]3(O)CC[C@@H](C(=O)Nc4ccc5c(c4)OCCO5)CC3)c2c1. The number of methoxy groups -OCH3 is 1. The fourth-order valence-electron chi connectivity index (χ4n) is 4.93. The van der Waals surface area contributed by atoms with Gasteiger partial charge in [-0.1, -0.05) is 0 Å². The van der Waals surface area contributed by atoms with Crippen LogP contribution < -0.4 is 19.5 Å². The summed E-state index contributed by atoms with van der Waals surface area (Å²) in [7, 11) is 1.66. The van der Waals surface area contributed by atoms with Crippen molar-refractivity contribution < 1.29 is 24.1 Å². The highest BCUT2D eigenvalue weighted by Crippen LogP contribution is 2.37. The first kappa shape index (κ1) is 22.5. The lowest BCUT2D eigenvalue weighted by Crippen LogP contribution is -2.38. The molecule has 0 atom stereocenters. The number of aliphatic hydroxyl groups is 1. The van der Waals surface area contributed by atoms with Gasteiger partial charge in [-0.15, -0.1) is 0 Å². The quantitative estimate of drug-likeness (QED) is 0.560. The van der Waals surface area contributed by atoms with Crippen molar-refractivity contribution in [2.45, 2.75) is 44.1 Å². The number of hydrogen-bond donors (Lipinski definition) is 2. The average Bonchev–Trinajstić information content (AvgIpc) is 2.87. The molecule has 1 saturated carbocycles. The highest BCUT2D eigenvalue weighted by atomic mass is 16.6. The van der Waals surface area contributed by atoms with Gasteiger partial charge in [0.15, 0.2) is 11.5 Å². The Morgan fingerprint density at radius 3 is 2.71 bits per heavy atom. The van der Waals surface area contributed by atoms with Gasteiger partial charge >= 0.3 is 0 Å². The van der Waals surface area contributed by atoms with E-state index in [1.165, 1.54) is 0 Å². The average molecular weight is 463 g/mol. The first-order valence-electron chi connectivity index (χ1n) is 11.9. The van der Waals surface area contributed by atoms with Crippen LogP contribution in [0.2, 0.25) is 0 Å². The zero-order chi connectivity index (χ0) is 23.5. The summed E-state index contributed by atoms with van der Waals surface area (Å²) in [4.78, 5) is 17.3. The van der Waals surface area contributed by atoms with E-state index in [-0.39, 0.29) is 11.8 Å². The molecule has 0 saturated heterocycles. The maximum absolute atomic E-state index is 12.8. The Morgan fingerprint density at radius 1 is 1.12 bits per heavy atom. The van der Waals surface area contributed by atoms with Crippen molar-refractivity contribution in [3.63, 3.8) is 0 Å². The van der Waals surface area contributed by atoms with E-state index in [1.54, 1.807) is 13.2 Å². The molecule has 0 bridgehead atoms. The molecule has 1 fully saturated rings. The second kappa shape index (κ2) is 9.50. The Kier molecular flexibility index (Phi) is 6.28. The molecule has 3 aromatic rings. The highest BCUT2D eigenvalue weighted by molar-refractivity contribution is 5.93. The Morgan fingerprint density at radius 2 is 1.91 bits per heavy atom. The number of aryl methyl sites for hydroxylation is 1. The third-order valence-electron chi connectivity index (χ3n) is 7.00. The topological polar surface area (TPSA) is 89.9 Å². The Hall–Kier alpha value is -3.32. The number of nitrogens with one attached hydrogen (secondary N) is 1. The minimum Gasteiger partial charge on any atom is -0.497 e. The number of hydrogen-bond acceptors (Lipinski definition) is 6. The summed E-state index contributed by atoms with van der Waals surface area (Å²) in [6.07, 6.45) is 5.76. The Balaban J connectivity index is 1.18. The first-order valence-corrected chi connectivity index (χ1v) is 11.9. The van der Waals surface area contributed by atoms with Crippen molar-refractivity contribution in [1.29, 1.82) is 0 Å². The number of anilines is 1. The molecule has 1 aromatic heterocycles. The minimum atomic E-state index is -0.762. The number of fused-ring (bicyclic) bond motifs is 2. The second-order valence-corrected chi connectivity index (χ2v) is 9.20. The molecule has 1 amide bonds. The number of rotatable bonds is 6. The third kappa shape index (κ3) is 4.80. The van der Waals surface area contributed by atoms with E-state index in [2.05, 4.69) is 10.3 Å². The van der Waals surface area contributed by atoms with Gasteiger partial charge in [-0.3, -0.25) is 9.78 Å². The van der Waals surface area contributed by atoms with Crippen LogP contribution in [0.4, 0.5) is 5.69 Å². The summed E-state index contributed by atoms with van der Waals surface area (Å²) in [5, 5.41) is 15.3. The largest absolute Gasteiger partial charge is 0.497 e. The fraction of sp³-hybridized carbons (Fsp3) is 0.407. The maximum atomic E-state index is 12.8. The van der Waals surface area contributed by atoms with E-state index in [0.29, 0.717) is 62.5 Å². The van der Waals surface area contributed by atoms with Crippen LogP contribution in [0.15, 0.2) is 48.7 Å². The summed E-state index contributed by atoms with van der Waals surface area (Å²) in [5.41, 5.74) is 2.01. The van der Waals surface area contributed by atoms with Crippen LogP contribution in [-0.2, 0) is 11.2 Å². The molecule has 0 spiro atoms. The lowest BCUT2D eigenvalue weighted by molar-refractivity contribution is -0.122. The van der Waals surface area contributed by atoms with Crippen LogP contribution in [0, 0.1) is 5.92 Å². The van der Waals surface area contributed by atoms with E-state index >= 15 is 0 Å². The van der Waals surface area contributed by atoms with Gasteiger partial charge in [0, 0.05) is 29.3 Å². The molecule has 7 heteroatoms. The smallest absolute Gasteiger partial charge is 0.227 e. The molecule has 0 radical (unpaired) electrons. The number of carbonyl (C=O) groups excluding carboxylic acids is 1. The molecular formula is C27H30N2O5. The van der Waals surface area contributed by atoms with Crippen LogP contribution in [0.1, 0.15) is 37.7 Å². The molecule has 1 aliphatic heterocycles. The van der Waals surface area contributed by atoms with Gasteiger partial charge in [0.05, 0.1) is 18.2 Å². The molecular weight excluding hydrogens is 432 g/mol. The highest BCUT2D eigenvalue weighted by Gasteiger charge is 2.35. The third-order valence-corrected chi connectivity index (χ3v) is 7.00. The van der Waals surface area contributed by atoms with Crippen LogP contribution in [-0.4, -0.2) is 41.9 Å². The van der Waals surface area contributed by atoms with Crippen LogP contribution in [0.5, 0.6) is 17.2 Å². The predicted octanol–water partition coefficient (Wildman–Crippen LogP) is 4.51. The number of carbonyl (C=O) groups is 1. The van der Waals surface area contributed by atoms with Crippen LogP contribution in [0.25, 0.3) is 10.9 Å². The molecule has 2 aliphatic rings. The van der Waals surface area contributed by atoms with Gasteiger partial charge in [-0.2, -0.15) is 0 Å². The van der Waals surface area contributed by atoms with Gasteiger partial charge in [0.2, 0.25) is 5.91 Å². The van der Waals surface area contributed by atoms with E-state index in [0.717, 1.165) is 28.6 Å².